The van der Waals surface area contributed by atoms with Gasteiger partial charge in [-0.1, -0.05) is 0 Å². The number of ether oxygens (including phenoxy) is 2. The highest BCUT2D eigenvalue weighted by molar-refractivity contribution is 5.80. The van der Waals surface area contributed by atoms with Crippen LogP contribution in [0.3, 0.4) is 0 Å². The fourth-order valence-electron chi connectivity index (χ4n) is 2.47. The number of hydrogen-bond donors (Lipinski definition) is 1. The predicted molar refractivity (Wildman–Crippen MR) is 84.3 cm³/mol. The second kappa shape index (κ2) is 8.71. The van der Waals surface area contributed by atoms with E-state index in [-0.39, 0.29) is 12.0 Å². The summed E-state index contributed by atoms with van der Waals surface area (Å²) in [5.74, 6) is 0.604. The van der Waals surface area contributed by atoms with Gasteiger partial charge in [-0.2, -0.15) is 0 Å². The van der Waals surface area contributed by atoms with E-state index in [2.05, 4.69) is 10.2 Å². The third-order valence-corrected chi connectivity index (χ3v) is 3.59. The van der Waals surface area contributed by atoms with Crippen molar-refractivity contribution in [3.63, 3.8) is 0 Å². The van der Waals surface area contributed by atoms with Crippen molar-refractivity contribution in [1.82, 2.24) is 10.2 Å². The Kier molecular flexibility index (Phi) is 7.63. The summed E-state index contributed by atoms with van der Waals surface area (Å²) >= 11 is 0. The molecule has 5 nitrogen and oxygen atoms in total. The first-order valence-corrected chi connectivity index (χ1v) is 8.08. The minimum Gasteiger partial charge on any atom is -0.465 e. The maximum atomic E-state index is 12.2. The molecule has 0 aromatic heterocycles. The van der Waals surface area contributed by atoms with Gasteiger partial charge in [0.15, 0.2) is 0 Å². The zero-order valence-corrected chi connectivity index (χ0v) is 14.3. The largest absolute Gasteiger partial charge is 0.465 e. The number of hydrogen-bond acceptors (Lipinski definition) is 5. The Bertz CT molecular complexity index is 319. The third kappa shape index (κ3) is 7.25. The Morgan fingerprint density at radius 3 is 2.62 bits per heavy atom. The van der Waals surface area contributed by atoms with Gasteiger partial charge in [0.25, 0.3) is 0 Å². The van der Waals surface area contributed by atoms with Gasteiger partial charge in [0, 0.05) is 25.7 Å². The second-order valence-electron chi connectivity index (χ2n) is 6.61. The first-order chi connectivity index (χ1) is 9.87. The molecule has 5 heteroatoms. The topological polar surface area (TPSA) is 50.8 Å². The van der Waals surface area contributed by atoms with Crippen LogP contribution in [0.1, 0.15) is 40.5 Å². The van der Waals surface area contributed by atoms with Crippen LogP contribution >= 0.6 is 0 Å². The van der Waals surface area contributed by atoms with E-state index < -0.39 is 5.54 Å². The highest BCUT2D eigenvalue weighted by Gasteiger charge is 2.36. The molecule has 0 aromatic carbocycles. The molecule has 0 saturated heterocycles. The Morgan fingerprint density at radius 1 is 1.43 bits per heavy atom. The van der Waals surface area contributed by atoms with E-state index in [1.54, 1.807) is 0 Å². The van der Waals surface area contributed by atoms with Gasteiger partial charge in [-0.15, -0.1) is 0 Å². The molecule has 0 radical (unpaired) electrons. The molecule has 1 aliphatic carbocycles. The van der Waals surface area contributed by atoms with Crippen molar-refractivity contribution in [1.29, 1.82) is 0 Å². The fourth-order valence-corrected chi connectivity index (χ4v) is 2.47. The molecule has 1 unspecified atom stereocenters. The molecule has 1 aliphatic rings. The predicted octanol–water partition coefficient (Wildman–Crippen LogP) is 1.66. The van der Waals surface area contributed by atoms with Crippen LogP contribution in [0.5, 0.6) is 0 Å². The number of rotatable bonds is 11. The monoisotopic (exact) mass is 300 g/mol. The number of carbonyl (C=O) groups is 1. The van der Waals surface area contributed by atoms with E-state index in [1.807, 2.05) is 34.7 Å². The Labute approximate surface area is 129 Å². The molecule has 1 saturated carbocycles. The van der Waals surface area contributed by atoms with E-state index in [1.165, 1.54) is 12.8 Å². The van der Waals surface area contributed by atoms with Crippen LogP contribution < -0.4 is 5.32 Å². The van der Waals surface area contributed by atoms with Gasteiger partial charge in [0.2, 0.25) is 0 Å². The summed E-state index contributed by atoms with van der Waals surface area (Å²) in [7, 11) is 2.01. The molecule has 0 heterocycles. The Hall–Kier alpha value is -0.650. The summed E-state index contributed by atoms with van der Waals surface area (Å²) in [5.41, 5.74) is -0.685. The molecular formula is C16H32N2O3. The van der Waals surface area contributed by atoms with Gasteiger partial charge in [-0.05, 0) is 53.5 Å². The van der Waals surface area contributed by atoms with E-state index in [0.29, 0.717) is 19.8 Å². The van der Waals surface area contributed by atoms with Crippen molar-refractivity contribution in [2.75, 3.05) is 40.0 Å². The lowest BCUT2D eigenvalue weighted by atomic mass is 10.0. The smallest absolute Gasteiger partial charge is 0.327 e. The van der Waals surface area contributed by atoms with Crippen LogP contribution in [0.25, 0.3) is 0 Å². The molecule has 1 N–H and O–H groups in total. The molecule has 0 aliphatic heterocycles. The average molecular weight is 300 g/mol. The minimum atomic E-state index is -0.685. The van der Waals surface area contributed by atoms with Crippen molar-refractivity contribution < 1.29 is 14.3 Å². The summed E-state index contributed by atoms with van der Waals surface area (Å²) in [6.07, 6.45) is 2.63. The van der Waals surface area contributed by atoms with E-state index >= 15 is 0 Å². The molecule has 0 spiro atoms. The van der Waals surface area contributed by atoms with Crippen molar-refractivity contribution in [3.05, 3.63) is 0 Å². The van der Waals surface area contributed by atoms with Crippen molar-refractivity contribution >= 4 is 5.97 Å². The molecule has 21 heavy (non-hydrogen) atoms. The van der Waals surface area contributed by atoms with E-state index in [9.17, 15) is 4.79 Å². The Morgan fingerprint density at radius 2 is 2.10 bits per heavy atom. The maximum absolute atomic E-state index is 12.2. The molecular weight excluding hydrogens is 268 g/mol. The Balaban J connectivity index is 2.39. The zero-order chi connectivity index (χ0) is 15.9. The van der Waals surface area contributed by atoms with Gasteiger partial charge in [0.1, 0.15) is 5.54 Å². The van der Waals surface area contributed by atoms with Crippen LogP contribution in [-0.2, 0) is 14.3 Å². The zero-order valence-electron chi connectivity index (χ0n) is 14.3. The number of nitrogens with one attached hydrogen (secondary N) is 1. The molecule has 1 rings (SSSR count). The SMILES string of the molecule is CCOC(=O)C(C)(CN(C)CCOCC1CC1)NC(C)C. The van der Waals surface area contributed by atoms with Crippen LogP contribution in [0, 0.1) is 5.92 Å². The van der Waals surface area contributed by atoms with Gasteiger partial charge < -0.3 is 14.4 Å². The number of carbonyl (C=O) groups excluding carboxylic acids is 1. The van der Waals surface area contributed by atoms with Crippen LogP contribution in [0.4, 0.5) is 0 Å². The minimum absolute atomic E-state index is 0.190. The molecule has 0 aromatic rings. The van der Waals surface area contributed by atoms with Crippen molar-refractivity contribution in [2.45, 2.75) is 52.1 Å². The van der Waals surface area contributed by atoms with Crippen molar-refractivity contribution in [2.24, 2.45) is 5.92 Å². The van der Waals surface area contributed by atoms with Crippen LogP contribution in [0.2, 0.25) is 0 Å². The highest BCUT2D eigenvalue weighted by Crippen LogP contribution is 2.28. The van der Waals surface area contributed by atoms with E-state index in [0.717, 1.165) is 19.1 Å². The quantitative estimate of drug-likeness (QED) is 0.464. The fraction of sp³-hybridized carbons (Fsp3) is 0.938. The lowest BCUT2D eigenvalue weighted by molar-refractivity contribution is -0.151. The van der Waals surface area contributed by atoms with Gasteiger partial charge >= 0.3 is 5.97 Å². The van der Waals surface area contributed by atoms with E-state index in [4.69, 9.17) is 9.47 Å². The average Bonchev–Trinajstić information content (AvgIpc) is 3.18. The molecule has 124 valence electrons. The third-order valence-electron chi connectivity index (χ3n) is 3.59. The standard InChI is InChI=1S/C16H32N2O3/c1-6-21-15(19)16(4,17-13(2)3)12-18(5)9-10-20-11-14-7-8-14/h13-14,17H,6-12H2,1-5H3. The van der Waals surface area contributed by atoms with Crippen LogP contribution in [0.15, 0.2) is 0 Å². The first kappa shape index (κ1) is 18.4. The number of nitrogens with zero attached hydrogens (tertiary/aromatic N) is 1. The number of esters is 1. The summed E-state index contributed by atoms with van der Waals surface area (Å²) in [6.45, 7) is 11.3. The summed E-state index contributed by atoms with van der Waals surface area (Å²) < 4.78 is 10.9. The summed E-state index contributed by atoms with van der Waals surface area (Å²) in [5, 5.41) is 3.33. The summed E-state index contributed by atoms with van der Waals surface area (Å²) in [4.78, 5) is 14.3. The first-order valence-electron chi connectivity index (χ1n) is 8.08. The molecule has 1 fully saturated rings. The second-order valence-corrected chi connectivity index (χ2v) is 6.61. The lowest BCUT2D eigenvalue weighted by Gasteiger charge is -2.34. The molecule has 1 atom stereocenters. The van der Waals surface area contributed by atoms with Gasteiger partial charge in [-0.3, -0.25) is 10.1 Å². The highest BCUT2D eigenvalue weighted by atomic mass is 16.5. The van der Waals surface area contributed by atoms with Gasteiger partial charge in [-0.25, -0.2) is 0 Å². The lowest BCUT2D eigenvalue weighted by Crippen LogP contribution is -2.59. The number of likely N-dealkylation sites (N-methyl/N-ethyl adjacent to an activating group) is 1. The molecule has 0 bridgehead atoms. The van der Waals surface area contributed by atoms with Crippen LogP contribution in [-0.4, -0.2) is 62.4 Å². The van der Waals surface area contributed by atoms with Gasteiger partial charge in [0.05, 0.1) is 13.2 Å². The molecule has 0 amide bonds. The summed E-state index contributed by atoms with van der Waals surface area (Å²) in [6, 6.07) is 0.221. The normalized spacial score (nSPS) is 18.0. The van der Waals surface area contributed by atoms with Crippen molar-refractivity contribution in [3.8, 4) is 0 Å². The maximum Gasteiger partial charge on any atom is 0.327 e.